The molecule has 0 amide bonds. The highest BCUT2D eigenvalue weighted by atomic mass is 80.9. The van der Waals surface area contributed by atoms with Gasteiger partial charge in [-0.3, -0.25) is 0 Å². The first kappa shape index (κ1) is 25.2. The maximum atomic E-state index is 10.7. The van der Waals surface area contributed by atoms with Gasteiger partial charge in [0.15, 0.2) is 0 Å². The van der Waals surface area contributed by atoms with Gasteiger partial charge in [0, 0.05) is 39.0 Å². The van der Waals surface area contributed by atoms with Crippen LogP contribution in [0.15, 0.2) is 18.3 Å². The molecule has 14 heteroatoms. The van der Waals surface area contributed by atoms with Crippen molar-refractivity contribution in [3.05, 3.63) is 40.6 Å². The SMILES string of the molecule is BrBr.O=C(O)c1c(Br)sc(Br)c1C(=O)O.O=C(O)c1cscc1C(=O)O. The van der Waals surface area contributed by atoms with E-state index in [2.05, 4.69) is 60.1 Å². The zero-order valence-electron chi connectivity index (χ0n) is 11.9. The van der Waals surface area contributed by atoms with E-state index in [4.69, 9.17) is 20.4 Å². The molecule has 142 valence electrons. The Labute approximate surface area is 185 Å². The molecule has 0 unspecified atom stereocenters. The lowest BCUT2D eigenvalue weighted by atomic mass is 10.2. The molecule has 8 nitrogen and oxygen atoms in total. The van der Waals surface area contributed by atoms with Gasteiger partial charge in [0.05, 0.1) is 18.7 Å². The molecule has 0 aliphatic carbocycles. The minimum atomic E-state index is -1.26. The summed E-state index contributed by atoms with van der Waals surface area (Å²) in [5, 5.41) is 36.9. The minimum Gasteiger partial charge on any atom is -0.478 e. The van der Waals surface area contributed by atoms with Crippen LogP contribution in [0, 0.1) is 0 Å². The Hall–Kier alpha value is -0.800. The number of aromatic carboxylic acids is 4. The van der Waals surface area contributed by atoms with Crippen molar-refractivity contribution in [1.82, 2.24) is 0 Å². The molecule has 0 aromatic carbocycles. The molecular weight excluding hydrogens is 656 g/mol. The number of thiophene rings is 2. The molecule has 0 aliphatic heterocycles. The van der Waals surface area contributed by atoms with E-state index >= 15 is 0 Å². The summed E-state index contributed by atoms with van der Waals surface area (Å²) in [5.41, 5.74) is -0.737. The first-order valence-electron chi connectivity index (χ1n) is 5.69. The van der Waals surface area contributed by atoms with Gasteiger partial charge in [0.25, 0.3) is 0 Å². The van der Waals surface area contributed by atoms with E-state index in [1.165, 1.54) is 10.8 Å². The Morgan fingerprint density at radius 1 is 0.692 bits per heavy atom. The zero-order chi connectivity index (χ0) is 20.6. The van der Waals surface area contributed by atoms with Gasteiger partial charge in [-0.05, 0) is 31.9 Å². The Morgan fingerprint density at radius 2 is 1.00 bits per heavy atom. The smallest absolute Gasteiger partial charge is 0.338 e. The Balaban J connectivity index is 0.000000444. The maximum absolute atomic E-state index is 10.7. The molecule has 0 radical (unpaired) electrons. The van der Waals surface area contributed by atoms with Crippen molar-refractivity contribution in [3.8, 4) is 0 Å². The monoisotopic (exact) mass is 658 g/mol. The van der Waals surface area contributed by atoms with Crippen LogP contribution in [0.5, 0.6) is 0 Å². The van der Waals surface area contributed by atoms with Crippen molar-refractivity contribution in [1.29, 1.82) is 0 Å². The summed E-state index contributed by atoms with van der Waals surface area (Å²) >= 11 is 13.5. The quantitative estimate of drug-likeness (QED) is 0.336. The Morgan fingerprint density at radius 3 is 1.23 bits per heavy atom. The van der Waals surface area contributed by atoms with E-state index in [1.807, 2.05) is 0 Å². The molecule has 2 aromatic heterocycles. The summed E-state index contributed by atoms with van der Waals surface area (Å²) in [5.74, 6) is -4.93. The van der Waals surface area contributed by atoms with E-state index in [0.717, 1.165) is 22.7 Å². The number of carboxylic acids is 4. The van der Waals surface area contributed by atoms with Gasteiger partial charge in [0.2, 0.25) is 0 Å². The predicted octanol–water partition coefficient (Wildman–Crippen LogP) is 5.51. The third-order valence-electron chi connectivity index (χ3n) is 2.37. The molecule has 26 heavy (non-hydrogen) atoms. The summed E-state index contributed by atoms with van der Waals surface area (Å²) in [6, 6.07) is 0. The van der Waals surface area contributed by atoms with Crippen molar-refractivity contribution >= 4 is 107 Å². The highest BCUT2D eigenvalue weighted by Gasteiger charge is 2.25. The van der Waals surface area contributed by atoms with Crippen LogP contribution < -0.4 is 0 Å². The zero-order valence-corrected chi connectivity index (χ0v) is 19.9. The number of carboxylic acid groups (broad SMARTS) is 4. The molecule has 0 atom stereocenters. The topological polar surface area (TPSA) is 149 Å². The van der Waals surface area contributed by atoms with Crippen LogP contribution in [-0.2, 0) is 0 Å². The largest absolute Gasteiger partial charge is 0.478 e. The van der Waals surface area contributed by atoms with Crippen molar-refractivity contribution in [2.24, 2.45) is 0 Å². The van der Waals surface area contributed by atoms with Gasteiger partial charge in [0.1, 0.15) is 11.1 Å². The average Bonchev–Trinajstić information content (AvgIpc) is 3.14. The van der Waals surface area contributed by atoms with Crippen LogP contribution >= 0.6 is 82.8 Å². The van der Waals surface area contributed by atoms with Crippen LogP contribution in [0.25, 0.3) is 0 Å². The van der Waals surface area contributed by atoms with Gasteiger partial charge in [-0.25, -0.2) is 19.2 Å². The molecule has 0 aliphatic rings. The van der Waals surface area contributed by atoms with Gasteiger partial charge < -0.3 is 20.4 Å². The molecule has 0 saturated carbocycles. The second-order valence-corrected chi connectivity index (χ2v) is 8.22. The minimum absolute atomic E-state index is 0.150. The van der Waals surface area contributed by atoms with Crippen LogP contribution in [0.3, 0.4) is 0 Å². The third-order valence-corrected chi connectivity index (χ3v) is 5.65. The predicted molar refractivity (Wildman–Crippen MR) is 110 cm³/mol. The molecule has 0 fully saturated rings. The fraction of sp³-hybridized carbons (Fsp3) is 0. The van der Waals surface area contributed by atoms with Crippen LogP contribution in [-0.4, -0.2) is 44.3 Å². The first-order valence-corrected chi connectivity index (χ1v) is 12.7. The van der Waals surface area contributed by atoms with E-state index < -0.39 is 23.9 Å². The van der Waals surface area contributed by atoms with Gasteiger partial charge in [-0.15, -0.1) is 11.3 Å². The molecule has 0 spiro atoms. The summed E-state index contributed by atoms with van der Waals surface area (Å²) in [7, 11) is 0. The van der Waals surface area contributed by atoms with Crippen LogP contribution in [0.1, 0.15) is 41.4 Å². The standard InChI is InChI=1S/C6H2Br2O4S.C6H4O4S.Br2/c7-3-1(5(9)10)2(6(11)12)4(8)13-3;7-5(8)3-1-11-2-4(3)6(9)10;1-2/h(H,9,10)(H,11,12);1-2H,(H,7,8)(H,9,10);. The third kappa shape index (κ3) is 6.74. The van der Waals surface area contributed by atoms with E-state index in [1.54, 1.807) is 0 Å². The van der Waals surface area contributed by atoms with Gasteiger partial charge in [-0.1, -0.05) is 0 Å². The number of carbonyl (C=O) groups is 4. The second kappa shape index (κ2) is 11.8. The van der Waals surface area contributed by atoms with Crippen molar-refractivity contribution < 1.29 is 39.6 Å². The molecular formula is C12H6Br4O8S2. The van der Waals surface area contributed by atoms with Crippen LogP contribution in [0.2, 0.25) is 0 Å². The molecule has 2 heterocycles. The lowest BCUT2D eigenvalue weighted by Gasteiger charge is -1.93. The lowest BCUT2D eigenvalue weighted by Crippen LogP contribution is -2.05. The van der Waals surface area contributed by atoms with Crippen molar-refractivity contribution in [2.45, 2.75) is 0 Å². The summed E-state index contributed by atoms with van der Waals surface area (Å²) in [6.07, 6.45) is 0. The maximum Gasteiger partial charge on any atom is 0.338 e. The second-order valence-electron chi connectivity index (χ2n) is 3.82. The fourth-order valence-electron chi connectivity index (χ4n) is 1.39. The molecule has 0 bridgehead atoms. The van der Waals surface area contributed by atoms with E-state index in [9.17, 15) is 19.2 Å². The highest BCUT2D eigenvalue weighted by molar-refractivity contribution is 9.93. The average molecular weight is 662 g/mol. The van der Waals surface area contributed by atoms with Crippen molar-refractivity contribution in [2.75, 3.05) is 0 Å². The molecule has 0 saturated heterocycles. The van der Waals surface area contributed by atoms with Gasteiger partial charge in [-0.2, -0.15) is 11.3 Å². The lowest BCUT2D eigenvalue weighted by molar-refractivity contribution is 0.0651. The normalized spacial score (nSPS) is 9.23. The molecule has 4 N–H and O–H groups in total. The summed E-state index contributed by atoms with van der Waals surface area (Å²) in [6.45, 7) is 0. The molecule has 2 rings (SSSR count). The first-order chi connectivity index (χ1) is 12.1. The summed E-state index contributed by atoms with van der Waals surface area (Å²) in [4.78, 5) is 42.0. The molecule has 2 aromatic rings. The number of halogens is 4. The summed E-state index contributed by atoms with van der Waals surface area (Å²) < 4.78 is 0.591. The number of rotatable bonds is 4. The Kier molecular flexibility index (Phi) is 11.5. The Bertz CT molecular complexity index is 766. The van der Waals surface area contributed by atoms with E-state index in [0.29, 0.717) is 7.57 Å². The van der Waals surface area contributed by atoms with E-state index in [-0.39, 0.29) is 22.3 Å². The fourth-order valence-corrected chi connectivity index (χ4v) is 5.28. The van der Waals surface area contributed by atoms with Gasteiger partial charge >= 0.3 is 23.9 Å². The number of hydrogen-bond donors (Lipinski definition) is 4. The van der Waals surface area contributed by atoms with Crippen molar-refractivity contribution in [3.63, 3.8) is 0 Å². The number of hydrogen-bond acceptors (Lipinski definition) is 6. The van der Waals surface area contributed by atoms with Crippen LogP contribution in [0.4, 0.5) is 0 Å². The highest BCUT2D eigenvalue weighted by Crippen LogP contribution is 2.36.